The molecule has 3 N–H and O–H groups in total. The first kappa shape index (κ1) is 19.2. The lowest BCUT2D eigenvalue weighted by atomic mass is 10.1. The SMILES string of the molecule is CNc1nnc(SCC(=O)Nc2ccccc2C(=O)NCC(C)C)s1. The molecule has 0 atom stereocenters. The maximum Gasteiger partial charge on any atom is 0.253 e. The Balaban J connectivity index is 1.94. The van der Waals surface area contributed by atoms with Crippen LogP contribution in [0.25, 0.3) is 0 Å². The molecular formula is C16H21N5O2S2. The smallest absolute Gasteiger partial charge is 0.253 e. The number of amides is 2. The molecule has 0 aliphatic carbocycles. The number of nitrogens with zero attached hydrogens (tertiary/aromatic N) is 2. The van der Waals surface area contributed by atoms with Gasteiger partial charge in [0.1, 0.15) is 0 Å². The number of nitrogens with one attached hydrogen (secondary N) is 3. The predicted octanol–water partition coefficient (Wildman–Crippen LogP) is 2.70. The highest BCUT2D eigenvalue weighted by Gasteiger charge is 2.14. The van der Waals surface area contributed by atoms with Gasteiger partial charge in [-0.25, -0.2) is 0 Å². The lowest BCUT2D eigenvalue weighted by Gasteiger charge is -2.12. The normalized spacial score (nSPS) is 10.6. The highest BCUT2D eigenvalue weighted by Crippen LogP contribution is 2.25. The Morgan fingerprint density at radius 3 is 2.68 bits per heavy atom. The van der Waals surface area contributed by atoms with E-state index in [2.05, 4.69) is 26.1 Å². The van der Waals surface area contributed by atoms with Crippen LogP contribution in [0.3, 0.4) is 0 Å². The molecule has 0 unspecified atom stereocenters. The Labute approximate surface area is 155 Å². The second kappa shape index (κ2) is 9.38. The van der Waals surface area contributed by atoms with Gasteiger partial charge in [0.25, 0.3) is 5.91 Å². The lowest BCUT2D eigenvalue weighted by molar-refractivity contribution is -0.113. The Hall–Kier alpha value is -2.13. The molecule has 134 valence electrons. The quantitative estimate of drug-likeness (QED) is 0.610. The van der Waals surface area contributed by atoms with Crippen molar-refractivity contribution in [2.24, 2.45) is 5.92 Å². The van der Waals surface area contributed by atoms with E-state index in [-0.39, 0.29) is 17.6 Å². The van der Waals surface area contributed by atoms with E-state index in [1.54, 1.807) is 31.3 Å². The molecular weight excluding hydrogens is 358 g/mol. The van der Waals surface area contributed by atoms with Gasteiger partial charge >= 0.3 is 0 Å². The average molecular weight is 380 g/mol. The molecule has 9 heteroatoms. The van der Waals surface area contributed by atoms with Gasteiger partial charge in [-0.1, -0.05) is 49.1 Å². The van der Waals surface area contributed by atoms with E-state index >= 15 is 0 Å². The van der Waals surface area contributed by atoms with E-state index in [4.69, 9.17) is 0 Å². The van der Waals surface area contributed by atoms with Gasteiger partial charge in [0, 0.05) is 13.6 Å². The van der Waals surface area contributed by atoms with Gasteiger partial charge < -0.3 is 16.0 Å². The van der Waals surface area contributed by atoms with Crippen molar-refractivity contribution in [3.63, 3.8) is 0 Å². The van der Waals surface area contributed by atoms with Crippen molar-refractivity contribution < 1.29 is 9.59 Å². The molecule has 25 heavy (non-hydrogen) atoms. The molecule has 0 bridgehead atoms. The van der Waals surface area contributed by atoms with Gasteiger partial charge in [-0.3, -0.25) is 9.59 Å². The van der Waals surface area contributed by atoms with Gasteiger partial charge in [-0.2, -0.15) is 0 Å². The van der Waals surface area contributed by atoms with Crippen LogP contribution < -0.4 is 16.0 Å². The minimum absolute atomic E-state index is 0.194. The minimum atomic E-state index is -0.199. The standard InChI is InChI=1S/C16H21N5O2S2/c1-10(2)8-18-14(23)11-6-4-5-7-12(11)19-13(22)9-24-16-21-20-15(17-3)25-16/h4-7,10H,8-9H2,1-3H3,(H,17,20)(H,18,23)(H,19,22). The van der Waals surface area contributed by atoms with Crippen LogP contribution in [0, 0.1) is 5.92 Å². The van der Waals surface area contributed by atoms with Crippen LogP contribution in [0.5, 0.6) is 0 Å². The topological polar surface area (TPSA) is 96.0 Å². The number of rotatable bonds is 8. The molecule has 0 radical (unpaired) electrons. The zero-order valence-corrected chi connectivity index (χ0v) is 16.0. The number of carbonyl (C=O) groups is 2. The van der Waals surface area contributed by atoms with E-state index in [1.807, 2.05) is 13.8 Å². The van der Waals surface area contributed by atoms with Crippen LogP contribution >= 0.6 is 23.1 Å². The van der Waals surface area contributed by atoms with Crippen molar-refractivity contribution in [3.8, 4) is 0 Å². The highest BCUT2D eigenvalue weighted by molar-refractivity contribution is 8.01. The summed E-state index contributed by atoms with van der Waals surface area (Å²) in [6.45, 7) is 4.64. The van der Waals surface area contributed by atoms with Crippen molar-refractivity contribution in [2.45, 2.75) is 18.2 Å². The monoisotopic (exact) mass is 379 g/mol. The van der Waals surface area contributed by atoms with E-state index in [1.165, 1.54) is 23.1 Å². The van der Waals surface area contributed by atoms with Gasteiger partial charge in [0.2, 0.25) is 11.0 Å². The third-order valence-electron chi connectivity index (χ3n) is 3.06. The molecule has 1 heterocycles. The second-order valence-corrected chi connectivity index (χ2v) is 7.81. The maximum atomic E-state index is 12.3. The number of benzene rings is 1. The second-order valence-electron chi connectivity index (χ2n) is 5.61. The predicted molar refractivity (Wildman–Crippen MR) is 102 cm³/mol. The summed E-state index contributed by atoms with van der Waals surface area (Å²) in [5.74, 6) is 0.159. The summed E-state index contributed by atoms with van der Waals surface area (Å²) in [6, 6.07) is 6.97. The summed E-state index contributed by atoms with van der Waals surface area (Å²) in [5, 5.41) is 17.2. The molecule has 0 saturated carbocycles. The average Bonchev–Trinajstić information content (AvgIpc) is 3.06. The van der Waals surface area contributed by atoms with E-state index in [9.17, 15) is 9.59 Å². The molecule has 0 spiro atoms. The summed E-state index contributed by atoms with van der Waals surface area (Å²) in [4.78, 5) is 24.5. The van der Waals surface area contributed by atoms with Gasteiger partial charge in [0.15, 0.2) is 4.34 Å². The Morgan fingerprint density at radius 2 is 2.00 bits per heavy atom. The number of para-hydroxylation sites is 1. The number of anilines is 2. The van der Waals surface area contributed by atoms with Gasteiger partial charge in [0.05, 0.1) is 17.0 Å². The molecule has 1 aromatic carbocycles. The summed E-state index contributed by atoms with van der Waals surface area (Å²) in [6.07, 6.45) is 0. The molecule has 0 aliphatic heterocycles. The van der Waals surface area contributed by atoms with Crippen LogP contribution in [0.15, 0.2) is 28.6 Å². The molecule has 7 nitrogen and oxygen atoms in total. The molecule has 2 rings (SSSR count). The summed E-state index contributed by atoms with van der Waals surface area (Å²) in [7, 11) is 1.77. The number of hydrogen-bond donors (Lipinski definition) is 3. The maximum absolute atomic E-state index is 12.3. The van der Waals surface area contributed by atoms with Crippen LogP contribution in [0.1, 0.15) is 24.2 Å². The fourth-order valence-corrected chi connectivity index (χ4v) is 3.37. The third kappa shape index (κ3) is 6.02. The van der Waals surface area contributed by atoms with Crippen molar-refractivity contribution in [3.05, 3.63) is 29.8 Å². The number of carbonyl (C=O) groups excluding carboxylic acids is 2. The Bertz CT molecular complexity index is 733. The summed E-state index contributed by atoms with van der Waals surface area (Å²) in [5.41, 5.74) is 0.956. The van der Waals surface area contributed by atoms with Crippen molar-refractivity contribution >= 4 is 45.7 Å². The molecule has 2 aromatic rings. The number of aromatic nitrogens is 2. The van der Waals surface area contributed by atoms with Crippen LogP contribution in [-0.4, -0.2) is 41.4 Å². The highest BCUT2D eigenvalue weighted by atomic mass is 32.2. The fourth-order valence-electron chi connectivity index (χ4n) is 1.86. The number of thioether (sulfide) groups is 1. The van der Waals surface area contributed by atoms with E-state index in [0.29, 0.717) is 33.2 Å². The lowest BCUT2D eigenvalue weighted by Crippen LogP contribution is -2.28. The molecule has 2 amide bonds. The van der Waals surface area contributed by atoms with Gasteiger partial charge in [-0.15, -0.1) is 10.2 Å². The molecule has 0 saturated heterocycles. The first-order valence-corrected chi connectivity index (χ1v) is 9.61. The number of hydrogen-bond acceptors (Lipinski definition) is 7. The first-order valence-electron chi connectivity index (χ1n) is 7.80. The third-order valence-corrected chi connectivity index (χ3v) is 5.14. The first-order chi connectivity index (χ1) is 12.0. The van der Waals surface area contributed by atoms with Crippen LogP contribution in [0.2, 0.25) is 0 Å². The van der Waals surface area contributed by atoms with E-state index < -0.39 is 0 Å². The van der Waals surface area contributed by atoms with Crippen LogP contribution in [0.4, 0.5) is 10.8 Å². The fraction of sp³-hybridized carbons (Fsp3) is 0.375. The molecule has 0 fully saturated rings. The van der Waals surface area contributed by atoms with Crippen LogP contribution in [-0.2, 0) is 4.79 Å². The minimum Gasteiger partial charge on any atom is -0.363 e. The van der Waals surface area contributed by atoms with E-state index in [0.717, 1.165) is 0 Å². The molecule has 1 aromatic heterocycles. The Kier molecular flexibility index (Phi) is 7.20. The van der Waals surface area contributed by atoms with Crippen molar-refractivity contribution in [1.82, 2.24) is 15.5 Å². The van der Waals surface area contributed by atoms with Crippen molar-refractivity contribution in [1.29, 1.82) is 0 Å². The molecule has 0 aliphatic rings. The summed E-state index contributed by atoms with van der Waals surface area (Å²) >= 11 is 2.69. The Morgan fingerprint density at radius 1 is 1.24 bits per heavy atom. The largest absolute Gasteiger partial charge is 0.363 e. The zero-order valence-electron chi connectivity index (χ0n) is 14.3. The zero-order chi connectivity index (χ0) is 18.2. The van der Waals surface area contributed by atoms with Crippen molar-refractivity contribution in [2.75, 3.05) is 30.0 Å². The summed E-state index contributed by atoms with van der Waals surface area (Å²) < 4.78 is 0.711. The van der Waals surface area contributed by atoms with Gasteiger partial charge in [-0.05, 0) is 18.1 Å².